The van der Waals surface area contributed by atoms with Crippen LogP contribution in [0.15, 0.2) is 28.7 Å². The van der Waals surface area contributed by atoms with Gasteiger partial charge in [-0.1, -0.05) is 6.07 Å². The second kappa shape index (κ2) is 4.90. The van der Waals surface area contributed by atoms with Crippen LogP contribution in [-0.2, 0) is 0 Å². The predicted octanol–water partition coefficient (Wildman–Crippen LogP) is 3.48. The van der Waals surface area contributed by atoms with Gasteiger partial charge in [-0.3, -0.25) is 0 Å². The van der Waals surface area contributed by atoms with Crippen LogP contribution in [0.5, 0.6) is 0 Å². The molecule has 96 valence electrons. The highest BCUT2D eigenvalue weighted by Gasteiger charge is 2.24. The highest BCUT2D eigenvalue weighted by Crippen LogP contribution is 2.29. The van der Waals surface area contributed by atoms with E-state index in [1.165, 1.54) is 12.1 Å². The number of furan rings is 1. The summed E-state index contributed by atoms with van der Waals surface area (Å²) < 4.78 is 33.4. The first-order valence-corrected chi connectivity index (χ1v) is 5.72. The molecule has 1 aromatic carbocycles. The van der Waals surface area contributed by atoms with Crippen molar-refractivity contribution in [2.75, 3.05) is 7.05 Å². The van der Waals surface area contributed by atoms with Crippen LogP contribution in [-0.4, -0.2) is 7.05 Å². The van der Waals surface area contributed by atoms with Gasteiger partial charge in [-0.15, -0.1) is 0 Å². The van der Waals surface area contributed by atoms with Crippen LogP contribution in [0, 0.1) is 25.5 Å². The van der Waals surface area contributed by atoms with Gasteiger partial charge in [-0.25, -0.2) is 8.78 Å². The molecule has 0 aliphatic carbocycles. The van der Waals surface area contributed by atoms with E-state index in [9.17, 15) is 8.78 Å². The second-order valence-corrected chi connectivity index (χ2v) is 4.26. The largest absolute Gasteiger partial charge is 0.464 e. The first-order chi connectivity index (χ1) is 8.54. The molecule has 0 aliphatic rings. The highest BCUT2D eigenvalue weighted by atomic mass is 19.1. The lowest BCUT2D eigenvalue weighted by Crippen LogP contribution is -2.20. The summed E-state index contributed by atoms with van der Waals surface area (Å²) in [5, 5.41) is 2.88. The Morgan fingerprint density at radius 2 is 1.83 bits per heavy atom. The third-order valence-corrected chi connectivity index (χ3v) is 2.94. The van der Waals surface area contributed by atoms with Crippen molar-refractivity contribution >= 4 is 0 Å². The summed E-state index contributed by atoms with van der Waals surface area (Å²) in [7, 11) is 1.64. The third-order valence-electron chi connectivity index (χ3n) is 2.94. The topological polar surface area (TPSA) is 25.2 Å². The molecule has 2 aromatic rings. The summed E-state index contributed by atoms with van der Waals surface area (Å²) >= 11 is 0. The minimum absolute atomic E-state index is 0.00755. The molecule has 0 saturated carbocycles. The molecule has 0 bridgehead atoms. The SMILES string of the molecule is CNC(c1ccc(C)o1)c1c(F)ccc(C)c1F. The van der Waals surface area contributed by atoms with E-state index in [2.05, 4.69) is 5.32 Å². The lowest BCUT2D eigenvalue weighted by molar-refractivity contribution is 0.423. The minimum Gasteiger partial charge on any atom is -0.464 e. The molecule has 0 radical (unpaired) electrons. The Morgan fingerprint density at radius 3 is 2.39 bits per heavy atom. The zero-order chi connectivity index (χ0) is 13.3. The van der Waals surface area contributed by atoms with Crippen LogP contribution >= 0.6 is 0 Å². The monoisotopic (exact) mass is 251 g/mol. The summed E-state index contributed by atoms with van der Waals surface area (Å²) in [5.41, 5.74) is 0.404. The minimum atomic E-state index is -0.626. The molecule has 1 N–H and O–H groups in total. The fraction of sp³-hybridized carbons (Fsp3) is 0.286. The van der Waals surface area contributed by atoms with Crippen molar-refractivity contribution in [1.29, 1.82) is 0 Å². The van der Waals surface area contributed by atoms with Crippen molar-refractivity contribution in [3.05, 3.63) is 58.5 Å². The Morgan fingerprint density at radius 1 is 1.11 bits per heavy atom. The normalized spacial score (nSPS) is 12.7. The van der Waals surface area contributed by atoms with Gasteiger partial charge in [0, 0.05) is 5.56 Å². The Balaban J connectivity index is 2.55. The number of benzene rings is 1. The maximum Gasteiger partial charge on any atom is 0.134 e. The molecular weight excluding hydrogens is 236 g/mol. The van der Waals surface area contributed by atoms with Crippen LogP contribution in [0.2, 0.25) is 0 Å². The first kappa shape index (κ1) is 12.8. The molecular formula is C14H15F2NO. The van der Waals surface area contributed by atoms with Crippen LogP contribution in [0.25, 0.3) is 0 Å². The van der Waals surface area contributed by atoms with Gasteiger partial charge in [0.25, 0.3) is 0 Å². The summed E-state index contributed by atoms with van der Waals surface area (Å²) in [6.07, 6.45) is 0. The Kier molecular flexibility index (Phi) is 3.48. The van der Waals surface area contributed by atoms with Crippen LogP contribution in [0.3, 0.4) is 0 Å². The maximum atomic E-state index is 14.1. The molecule has 0 saturated heterocycles. The molecule has 2 rings (SSSR count). The van der Waals surface area contributed by atoms with E-state index in [1.807, 2.05) is 0 Å². The lowest BCUT2D eigenvalue weighted by Gasteiger charge is -2.17. The van der Waals surface area contributed by atoms with Gasteiger partial charge >= 0.3 is 0 Å². The van der Waals surface area contributed by atoms with E-state index in [4.69, 9.17) is 4.42 Å². The second-order valence-electron chi connectivity index (χ2n) is 4.26. The third kappa shape index (κ3) is 2.16. The van der Waals surface area contributed by atoms with E-state index >= 15 is 0 Å². The van der Waals surface area contributed by atoms with Crippen molar-refractivity contribution in [1.82, 2.24) is 5.32 Å². The van der Waals surface area contributed by atoms with Crippen molar-refractivity contribution < 1.29 is 13.2 Å². The van der Waals surface area contributed by atoms with Gasteiger partial charge in [0.15, 0.2) is 0 Å². The van der Waals surface area contributed by atoms with E-state index in [-0.39, 0.29) is 5.56 Å². The zero-order valence-electron chi connectivity index (χ0n) is 10.6. The fourth-order valence-electron chi connectivity index (χ4n) is 1.98. The number of hydrogen-bond acceptors (Lipinski definition) is 2. The highest BCUT2D eigenvalue weighted by molar-refractivity contribution is 5.33. The number of nitrogens with one attached hydrogen (secondary N) is 1. The van der Waals surface area contributed by atoms with E-state index < -0.39 is 17.7 Å². The van der Waals surface area contributed by atoms with Gasteiger partial charge < -0.3 is 9.73 Å². The van der Waals surface area contributed by atoms with Crippen molar-refractivity contribution in [2.45, 2.75) is 19.9 Å². The number of rotatable bonds is 3. The Bertz CT molecular complexity index is 563. The van der Waals surface area contributed by atoms with Crippen LogP contribution < -0.4 is 5.32 Å². The smallest absolute Gasteiger partial charge is 0.134 e. The molecule has 1 atom stereocenters. The van der Waals surface area contributed by atoms with Crippen molar-refractivity contribution in [2.24, 2.45) is 0 Å². The Hall–Kier alpha value is -1.68. The first-order valence-electron chi connectivity index (χ1n) is 5.72. The predicted molar refractivity (Wildman–Crippen MR) is 65.4 cm³/mol. The molecule has 0 aliphatic heterocycles. The molecule has 4 heteroatoms. The molecule has 2 nitrogen and oxygen atoms in total. The van der Waals surface area contributed by atoms with Gasteiger partial charge in [0.2, 0.25) is 0 Å². The van der Waals surface area contributed by atoms with E-state index in [0.717, 1.165) is 0 Å². The van der Waals surface area contributed by atoms with E-state index in [1.54, 1.807) is 33.0 Å². The van der Waals surface area contributed by atoms with Crippen LogP contribution in [0.4, 0.5) is 8.78 Å². The molecule has 18 heavy (non-hydrogen) atoms. The quantitative estimate of drug-likeness (QED) is 0.903. The molecule has 0 amide bonds. The van der Waals surface area contributed by atoms with Gasteiger partial charge in [-0.2, -0.15) is 0 Å². The zero-order valence-corrected chi connectivity index (χ0v) is 10.6. The molecule has 0 fully saturated rings. The number of halogens is 2. The van der Waals surface area contributed by atoms with Crippen molar-refractivity contribution in [3.63, 3.8) is 0 Å². The van der Waals surface area contributed by atoms with Gasteiger partial charge in [0.05, 0.1) is 6.04 Å². The molecule has 1 aromatic heterocycles. The lowest BCUT2D eigenvalue weighted by atomic mass is 10.0. The summed E-state index contributed by atoms with van der Waals surface area (Å²) in [6.45, 7) is 3.40. The summed E-state index contributed by atoms with van der Waals surface area (Å²) in [4.78, 5) is 0. The van der Waals surface area contributed by atoms with Gasteiger partial charge in [0.1, 0.15) is 23.2 Å². The van der Waals surface area contributed by atoms with Gasteiger partial charge in [-0.05, 0) is 44.7 Å². The summed E-state index contributed by atoms with van der Waals surface area (Å²) in [6, 6.07) is 5.56. The number of hydrogen-bond donors (Lipinski definition) is 1. The molecule has 1 heterocycles. The van der Waals surface area contributed by atoms with Crippen LogP contribution in [0.1, 0.15) is 28.7 Å². The fourth-order valence-corrected chi connectivity index (χ4v) is 1.98. The molecule has 0 spiro atoms. The Labute approximate surface area is 105 Å². The number of aryl methyl sites for hydroxylation is 2. The summed E-state index contributed by atoms with van der Waals surface area (Å²) in [5.74, 6) is 0.0898. The van der Waals surface area contributed by atoms with Crippen molar-refractivity contribution in [3.8, 4) is 0 Å². The standard InChI is InChI=1S/C14H15F2NO/c1-8-4-6-10(15)12(13(8)16)14(17-3)11-7-5-9(2)18-11/h4-7,14,17H,1-3H3. The average molecular weight is 251 g/mol. The average Bonchev–Trinajstić information content (AvgIpc) is 2.76. The molecule has 1 unspecified atom stereocenters. The van der Waals surface area contributed by atoms with E-state index in [0.29, 0.717) is 17.1 Å². The maximum absolute atomic E-state index is 14.1.